The van der Waals surface area contributed by atoms with E-state index >= 15 is 35.1 Å². The Bertz CT molecular complexity index is 2320. The molecule has 308 valence electrons. The Balaban J connectivity index is 0.000000395. The van der Waals surface area contributed by atoms with Crippen LogP contribution in [0.3, 0.4) is 0 Å². The topological polar surface area (TPSA) is 27.7 Å². The predicted octanol–water partition coefficient (Wildman–Crippen LogP) is 7.80. The van der Waals surface area contributed by atoms with Gasteiger partial charge in [0.2, 0.25) is 5.51 Å². The molecule has 1 aromatic heterocycles. The fourth-order valence-corrected chi connectivity index (χ4v) is 6.72. The first-order chi connectivity index (χ1) is 27.6. The normalized spacial score (nSPS) is 11.4. The molecule has 6 aromatic rings. The zero-order valence-electron chi connectivity index (χ0n) is 27.7. The third kappa shape index (κ3) is 6.89. The van der Waals surface area contributed by atoms with Crippen molar-refractivity contribution >= 4 is 39.3 Å². The molecule has 59 heavy (non-hydrogen) atoms. The quantitative estimate of drug-likeness (QED) is 0.0553. The maximum atomic E-state index is 15.4. The maximum absolute atomic E-state index is 15.4. The van der Waals surface area contributed by atoms with E-state index in [0.29, 0.717) is 5.56 Å². The molecule has 0 saturated carbocycles. The molecule has 0 N–H and O–H groups in total. The highest BCUT2D eigenvalue weighted by Gasteiger charge is 2.52. The first-order valence-electron chi connectivity index (χ1n) is 15.2. The summed E-state index contributed by atoms with van der Waals surface area (Å²) in [7, 11) is 0. The Hall–Kier alpha value is -6.12. The number of hydrogen-bond acceptors (Lipinski definition) is 2. The fourth-order valence-electron chi connectivity index (χ4n) is 6.12. The molecule has 5 aromatic carbocycles. The summed E-state index contributed by atoms with van der Waals surface area (Å²) in [6.07, 6.45) is -5.17. The van der Waals surface area contributed by atoms with Crippen LogP contribution in [0.15, 0.2) is 41.4 Å². The van der Waals surface area contributed by atoms with E-state index in [1.165, 1.54) is 5.56 Å². The van der Waals surface area contributed by atoms with Crippen LogP contribution in [-0.4, -0.2) is 6.15 Å². The highest BCUT2D eigenvalue weighted by atomic mass is 32.1. The number of aromatic nitrogens is 1. The molecular weight excluding hydrogens is 871 g/mol. The van der Waals surface area contributed by atoms with Crippen molar-refractivity contribution in [1.82, 2.24) is 0 Å². The van der Waals surface area contributed by atoms with Gasteiger partial charge in [0.15, 0.2) is 82.5 Å². The second-order valence-corrected chi connectivity index (χ2v) is 12.6. The van der Waals surface area contributed by atoms with E-state index in [9.17, 15) is 52.7 Å². The van der Waals surface area contributed by atoms with Crippen molar-refractivity contribution in [1.29, 1.82) is 5.26 Å². The van der Waals surface area contributed by atoms with E-state index in [1.807, 2.05) is 35.8 Å². The van der Waals surface area contributed by atoms with Gasteiger partial charge in [0.1, 0.15) is 52.7 Å². The molecule has 0 unspecified atom stereocenters. The SMILES string of the molecule is Fc1c(F)c(F)c([B-](c2c(F)c(F)c(F)c(F)c2F)(c2c(F)c(F)c(F)c(F)c2F)c2c(F)c(F)c(F)c(F)c2F)c(F)c1F.N#Cc1ccc(C[n+]2ccsc2)cc1. The molecule has 0 saturated heterocycles. The van der Waals surface area contributed by atoms with E-state index in [1.54, 1.807) is 11.3 Å². The van der Waals surface area contributed by atoms with Crippen LogP contribution < -0.4 is 26.4 Å². The molecule has 0 atom stereocenters. The summed E-state index contributed by atoms with van der Waals surface area (Å²) < 4.78 is 296. The fraction of sp³-hybridized carbons (Fsp3) is 0.0286. The van der Waals surface area contributed by atoms with E-state index in [4.69, 9.17) is 5.26 Å². The number of nitrogens with zero attached hydrogens (tertiary/aromatic N) is 2. The third-order valence-corrected chi connectivity index (χ3v) is 9.35. The molecule has 24 heteroatoms. The monoisotopic (exact) mass is 880 g/mol. The Morgan fingerprint density at radius 3 is 0.881 bits per heavy atom. The smallest absolute Gasteiger partial charge is 0.207 e. The van der Waals surface area contributed by atoms with Crippen molar-refractivity contribution in [2.45, 2.75) is 6.54 Å². The van der Waals surface area contributed by atoms with Crippen molar-refractivity contribution in [2.75, 3.05) is 0 Å². The predicted molar refractivity (Wildman–Crippen MR) is 164 cm³/mol. The minimum absolute atomic E-state index is 0.712. The molecule has 0 bridgehead atoms. The first-order valence-corrected chi connectivity index (χ1v) is 16.2. The molecule has 0 radical (unpaired) electrons. The number of nitriles is 1. The lowest BCUT2D eigenvalue weighted by molar-refractivity contribution is -0.683. The Kier molecular flexibility index (Phi) is 12.1. The summed E-state index contributed by atoms with van der Waals surface area (Å²) in [5, 5.41) is 10.7. The van der Waals surface area contributed by atoms with Gasteiger partial charge < -0.3 is 0 Å². The average Bonchev–Trinajstić information content (AvgIpc) is 3.74. The van der Waals surface area contributed by atoms with Crippen LogP contribution in [0.4, 0.5) is 87.8 Å². The standard InChI is InChI=1S/C24BF20.C11H9N2S/c26-5-1(6(27)14(35)21(42)13(5)34)25(2-7(28)15(36)22(43)16(37)8(2)29,3-9(30)17(38)23(44)18(39)10(3)31)4-11(32)19(40)24(45)20(41)12(4)33;12-7-10-1-3-11(4-2-10)8-13-5-6-14-9-13/h;1-6,9H,8H2/q-1;+1. The summed E-state index contributed by atoms with van der Waals surface area (Å²) in [5.74, 6) is -71.4. The van der Waals surface area contributed by atoms with E-state index in [-0.39, 0.29) is 0 Å². The van der Waals surface area contributed by atoms with E-state index in [2.05, 4.69) is 16.1 Å². The number of thiazole rings is 1. The molecule has 0 aliphatic heterocycles. The minimum atomic E-state index is -7.22. The molecule has 0 spiro atoms. The largest absolute Gasteiger partial charge is 0.224 e. The van der Waals surface area contributed by atoms with Gasteiger partial charge in [-0.3, -0.25) is 0 Å². The summed E-state index contributed by atoms with van der Waals surface area (Å²) in [4.78, 5) is 0. The number of halogens is 20. The van der Waals surface area contributed by atoms with E-state index in [0.717, 1.165) is 6.54 Å². The molecule has 2 nitrogen and oxygen atoms in total. The van der Waals surface area contributed by atoms with Gasteiger partial charge in [-0.15, -0.1) is 21.9 Å². The summed E-state index contributed by atoms with van der Waals surface area (Å²) in [5.41, 5.74) is -10.3. The molecule has 6 rings (SSSR count). The highest BCUT2D eigenvalue weighted by Crippen LogP contribution is 2.30. The van der Waals surface area contributed by atoms with Crippen LogP contribution in [-0.2, 0) is 6.54 Å². The lowest BCUT2D eigenvalue weighted by atomic mass is 9.12. The molecule has 0 aliphatic carbocycles. The number of hydrogen-bond donors (Lipinski definition) is 0. The Labute approximate surface area is 318 Å². The van der Waals surface area contributed by atoms with Crippen molar-refractivity contribution in [3.8, 4) is 6.07 Å². The van der Waals surface area contributed by atoms with Gasteiger partial charge in [-0.2, -0.15) is 9.83 Å². The van der Waals surface area contributed by atoms with Crippen LogP contribution in [0.1, 0.15) is 11.1 Å². The number of rotatable bonds is 6. The number of benzene rings is 5. The second kappa shape index (κ2) is 16.3. The van der Waals surface area contributed by atoms with Gasteiger partial charge in [-0.1, -0.05) is 23.5 Å². The van der Waals surface area contributed by atoms with Gasteiger partial charge in [0, 0.05) is 5.56 Å². The Morgan fingerprint density at radius 1 is 0.407 bits per heavy atom. The Morgan fingerprint density at radius 2 is 0.661 bits per heavy atom. The average molecular weight is 880 g/mol. The minimum Gasteiger partial charge on any atom is -0.207 e. The second-order valence-electron chi connectivity index (χ2n) is 11.8. The van der Waals surface area contributed by atoms with Gasteiger partial charge in [0.05, 0.1) is 17.0 Å². The summed E-state index contributed by atoms with van der Waals surface area (Å²) >= 11 is 1.68. The molecular formula is C35H9BF20N2S. The van der Waals surface area contributed by atoms with Crippen molar-refractivity contribution in [3.05, 3.63) is 169 Å². The van der Waals surface area contributed by atoms with E-state index < -0.39 is 144 Å². The van der Waals surface area contributed by atoms with Crippen LogP contribution in [0.5, 0.6) is 0 Å². The van der Waals surface area contributed by atoms with Gasteiger partial charge in [0.25, 0.3) is 0 Å². The maximum Gasteiger partial charge on any atom is 0.224 e. The molecule has 0 fully saturated rings. The highest BCUT2D eigenvalue weighted by molar-refractivity contribution is 7.20. The van der Waals surface area contributed by atoms with Crippen molar-refractivity contribution in [2.24, 2.45) is 0 Å². The third-order valence-electron chi connectivity index (χ3n) is 8.68. The summed E-state index contributed by atoms with van der Waals surface area (Å²) in [6.45, 7) is 0.870. The zero-order valence-corrected chi connectivity index (χ0v) is 28.5. The van der Waals surface area contributed by atoms with Crippen LogP contribution in [0, 0.1) is 128 Å². The van der Waals surface area contributed by atoms with Gasteiger partial charge >= 0.3 is 0 Å². The zero-order chi connectivity index (χ0) is 44.2. The van der Waals surface area contributed by atoms with Crippen molar-refractivity contribution in [3.63, 3.8) is 0 Å². The van der Waals surface area contributed by atoms with Crippen LogP contribution in [0.2, 0.25) is 0 Å². The summed E-state index contributed by atoms with van der Waals surface area (Å²) in [6, 6.07) is 9.79. The van der Waals surface area contributed by atoms with Crippen LogP contribution in [0.25, 0.3) is 0 Å². The van der Waals surface area contributed by atoms with Crippen LogP contribution >= 0.6 is 11.3 Å². The molecule has 0 aliphatic rings. The van der Waals surface area contributed by atoms with Gasteiger partial charge in [-0.25, -0.2) is 87.8 Å². The molecule has 1 heterocycles. The van der Waals surface area contributed by atoms with Crippen molar-refractivity contribution < 1.29 is 92.4 Å². The lowest BCUT2D eigenvalue weighted by Crippen LogP contribution is -2.81. The molecule has 0 amide bonds. The first kappa shape index (κ1) is 44.0. The lowest BCUT2D eigenvalue weighted by Gasteiger charge is -2.44. The van der Waals surface area contributed by atoms with Gasteiger partial charge in [-0.05, 0) is 12.1 Å².